The molecular weight excluding hydrogens is 647 g/mol. The minimum Gasteiger partial charge on any atom is -0.457 e. The van der Waals surface area contributed by atoms with Crippen LogP contribution in [0.2, 0.25) is 0 Å². The summed E-state index contributed by atoms with van der Waals surface area (Å²) in [6, 6.07) is 58.1. The molecule has 2 heterocycles. The third-order valence-corrected chi connectivity index (χ3v) is 10.9. The standard InChI is InChI=1S/C50H35NO2/c1-3-51-49(40(33-15-5-4-6-16-33)29-32(2)34-25-27-39-38-19-9-13-23-45(38)52-48(39)31-34)35-26-28-47-44(30-35)50(43-22-12-14-24-46(43)53-47)41-20-10-7-17-36(41)37-18-8-11-21-42(37)50/h3-31H,1-2H3/b32-29+,49-40+,51-3?. The summed E-state index contributed by atoms with van der Waals surface area (Å²) < 4.78 is 13.0. The number of nitrogens with zero attached hydrogens (tertiary/aromatic N) is 1. The molecule has 0 saturated heterocycles. The fourth-order valence-electron chi connectivity index (χ4n) is 8.61. The van der Waals surface area contributed by atoms with Gasteiger partial charge in [-0.25, -0.2) is 0 Å². The Hall–Kier alpha value is -6.71. The van der Waals surface area contributed by atoms with Crippen molar-refractivity contribution in [2.45, 2.75) is 19.3 Å². The van der Waals surface area contributed by atoms with Gasteiger partial charge in [-0.3, -0.25) is 4.99 Å². The van der Waals surface area contributed by atoms with Gasteiger partial charge < -0.3 is 9.15 Å². The summed E-state index contributed by atoms with van der Waals surface area (Å²) in [5.41, 5.74) is 14.7. The van der Waals surface area contributed by atoms with Gasteiger partial charge >= 0.3 is 0 Å². The molecule has 3 heteroatoms. The van der Waals surface area contributed by atoms with Crippen LogP contribution in [0, 0.1) is 0 Å². The lowest BCUT2D eigenvalue weighted by molar-refractivity contribution is 0.436. The first-order chi connectivity index (χ1) is 26.1. The Morgan fingerprint density at radius 2 is 1.15 bits per heavy atom. The summed E-state index contributed by atoms with van der Waals surface area (Å²) in [6.07, 6.45) is 4.16. The molecule has 1 aromatic heterocycles. The number of hydrogen-bond donors (Lipinski definition) is 0. The molecule has 7 aromatic carbocycles. The number of allylic oxidation sites excluding steroid dienone is 3. The quantitative estimate of drug-likeness (QED) is 0.103. The van der Waals surface area contributed by atoms with E-state index in [0.717, 1.165) is 78.1 Å². The van der Waals surface area contributed by atoms with Crippen LogP contribution in [0.3, 0.4) is 0 Å². The average Bonchev–Trinajstić information content (AvgIpc) is 3.73. The Balaban J connectivity index is 1.21. The molecule has 0 N–H and O–H groups in total. The van der Waals surface area contributed by atoms with Crippen LogP contribution in [-0.2, 0) is 5.41 Å². The van der Waals surface area contributed by atoms with Crippen molar-refractivity contribution in [3.05, 3.63) is 209 Å². The van der Waals surface area contributed by atoms with E-state index < -0.39 is 5.41 Å². The molecule has 1 aliphatic heterocycles. The van der Waals surface area contributed by atoms with Crippen LogP contribution in [0.25, 0.3) is 49.9 Å². The predicted octanol–water partition coefficient (Wildman–Crippen LogP) is 13.1. The van der Waals surface area contributed by atoms with E-state index in [-0.39, 0.29) is 0 Å². The van der Waals surface area contributed by atoms with Crippen LogP contribution in [0.15, 0.2) is 179 Å². The zero-order chi connectivity index (χ0) is 35.5. The van der Waals surface area contributed by atoms with Gasteiger partial charge in [0.05, 0.1) is 11.1 Å². The molecule has 10 rings (SSSR count). The fourth-order valence-corrected chi connectivity index (χ4v) is 8.61. The molecule has 0 atom stereocenters. The number of aliphatic imine (C=N–C) groups is 1. The topological polar surface area (TPSA) is 34.7 Å². The maximum atomic E-state index is 6.74. The van der Waals surface area contributed by atoms with Crippen LogP contribution in [0.1, 0.15) is 52.8 Å². The van der Waals surface area contributed by atoms with Gasteiger partial charge in [0.2, 0.25) is 0 Å². The largest absolute Gasteiger partial charge is 0.457 e. The van der Waals surface area contributed by atoms with Gasteiger partial charge in [-0.15, -0.1) is 0 Å². The third kappa shape index (κ3) is 4.71. The molecule has 0 fully saturated rings. The summed E-state index contributed by atoms with van der Waals surface area (Å²) in [5, 5.41) is 2.25. The molecular formula is C50H35NO2. The Labute approximate surface area is 308 Å². The van der Waals surface area contributed by atoms with Crippen LogP contribution in [0.4, 0.5) is 0 Å². The van der Waals surface area contributed by atoms with E-state index in [1.807, 2.05) is 25.3 Å². The fraction of sp³-hybridized carbons (Fsp3) is 0.0600. The molecule has 1 aliphatic carbocycles. The lowest BCUT2D eigenvalue weighted by Crippen LogP contribution is -2.32. The highest BCUT2D eigenvalue weighted by atomic mass is 16.5. The van der Waals surface area contributed by atoms with Gasteiger partial charge in [-0.1, -0.05) is 121 Å². The molecule has 1 spiro atoms. The van der Waals surface area contributed by atoms with Crippen molar-refractivity contribution in [3.8, 4) is 22.6 Å². The number of hydrogen-bond acceptors (Lipinski definition) is 3. The maximum Gasteiger partial charge on any atom is 0.136 e. The van der Waals surface area contributed by atoms with Crippen molar-refractivity contribution in [2.24, 2.45) is 4.99 Å². The van der Waals surface area contributed by atoms with E-state index >= 15 is 0 Å². The van der Waals surface area contributed by atoms with Gasteiger partial charge in [0, 0.05) is 39.3 Å². The van der Waals surface area contributed by atoms with E-state index in [4.69, 9.17) is 14.1 Å². The third-order valence-electron chi connectivity index (χ3n) is 10.9. The molecule has 2 aliphatic rings. The van der Waals surface area contributed by atoms with Gasteiger partial charge in [0.25, 0.3) is 0 Å². The zero-order valence-electron chi connectivity index (χ0n) is 29.5. The van der Waals surface area contributed by atoms with E-state index in [1.165, 1.54) is 22.3 Å². The van der Waals surface area contributed by atoms with Crippen molar-refractivity contribution in [1.29, 1.82) is 0 Å². The highest BCUT2D eigenvalue weighted by Gasteiger charge is 2.51. The van der Waals surface area contributed by atoms with E-state index in [1.54, 1.807) is 0 Å². The highest BCUT2D eigenvalue weighted by molar-refractivity contribution is 6.06. The number of ether oxygens (including phenoxy) is 1. The molecule has 0 radical (unpaired) electrons. The Kier molecular flexibility index (Phi) is 7.16. The van der Waals surface area contributed by atoms with Crippen LogP contribution in [0.5, 0.6) is 11.5 Å². The lowest BCUT2D eigenvalue weighted by atomic mass is 9.66. The second-order valence-corrected chi connectivity index (χ2v) is 13.8. The smallest absolute Gasteiger partial charge is 0.136 e. The molecule has 0 unspecified atom stereocenters. The number of benzene rings is 7. The lowest BCUT2D eigenvalue weighted by Gasteiger charge is -2.39. The molecule has 0 bridgehead atoms. The highest BCUT2D eigenvalue weighted by Crippen LogP contribution is 2.62. The monoisotopic (exact) mass is 681 g/mol. The Morgan fingerprint density at radius 1 is 0.528 bits per heavy atom. The van der Waals surface area contributed by atoms with Crippen molar-refractivity contribution >= 4 is 45.0 Å². The molecule has 8 aromatic rings. The second kappa shape index (κ2) is 12.2. The van der Waals surface area contributed by atoms with Crippen molar-refractivity contribution in [3.63, 3.8) is 0 Å². The molecule has 0 saturated carbocycles. The average molecular weight is 682 g/mol. The second-order valence-electron chi connectivity index (χ2n) is 13.8. The summed E-state index contributed by atoms with van der Waals surface area (Å²) in [7, 11) is 0. The van der Waals surface area contributed by atoms with Gasteiger partial charge in [-0.2, -0.15) is 0 Å². The molecule has 0 amide bonds. The summed E-state index contributed by atoms with van der Waals surface area (Å²) in [4.78, 5) is 5.14. The van der Waals surface area contributed by atoms with Crippen molar-refractivity contribution in [2.75, 3.05) is 0 Å². The number of rotatable bonds is 5. The van der Waals surface area contributed by atoms with Crippen LogP contribution >= 0.6 is 0 Å². The number of para-hydroxylation sites is 2. The van der Waals surface area contributed by atoms with E-state index in [2.05, 4.69) is 165 Å². The van der Waals surface area contributed by atoms with E-state index in [9.17, 15) is 0 Å². The van der Waals surface area contributed by atoms with Crippen molar-refractivity contribution in [1.82, 2.24) is 0 Å². The Morgan fingerprint density at radius 3 is 1.92 bits per heavy atom. The van der Waals surface area contributed by atoms with Gasteiger partial charge in [0.15, 0.2) is 0 Å². The SMILES string of the molecule is CC=N/C(=C(\C=C(/C)c1ccc2c(c1)oc1ccccc12)c1ccccc1)c1ccc2c(c1)C1(c3ccccc3O2)c2ccccc2-c2ccccc21. The minimum absolute atomic E-state index is 0.560. The van der Waals surface area contributed by atoms with Gasteiger partial charge in [-0.05, 0) is 101 Å². The number of fused-ring (bicyclic) bond motifs is 12. The van der Waals surface area contributed by atoms with Crippen LogP contribution < -0.4 is 4.74 Å². The first kappa shape index (κ1) is 31.1. The van der Waals surface area contributed by atoms with Gasteiger partial charge in [0.1, 0.15) is 22.7 Å². The molecule has 3 nitrogen and oxygen atoms in total. The van der Waals surface area contributed by atoms with E-state index in [0.29, 0.717) is 0 Å². The zero-order valence-corrected chi connectivity index (χ0v) is 29.5. The summed E-state index contributed by atoms with van der Waals surface area (Å²) in [5.74, 6) is 1.73. The predicted molar refractivity (Wildman–Crippen MR) is 219 cm³/mol. The van der Waals surface area contributed by atoms with Crippen molar-refractivity contribution < 1.29 is 9.15 Å². The molecule has 252 valence electrons. The maximum absolute atomic E-state index is 6.74. The molecule has 53 heavy (non-hydrogen) atoms. The number of furan rings is 1. The summed E-state index contributed by atoms with van der Waals surface area (Å²) in [6.45, 7) is 4.15. The summed E-state index contributed by atoms with van der Waals surface area (Å²) >= 11 is 0. The first-order valence-corrected chi connectivity index (χ1v) is 18.1. The minimum atomic E-state index is -0.560. The Bertz CT molecular complexity index is 2790. The normalized spacial score (nSPS) is 14.5. The van der Waals surface area contributed by atoms with Crippen LogP contribution in [-0.4, -0.2) is 6.21 Å². The first-order valence-electron chi connectivity index (χ1n) is 18.1.